The number of furan rings is 1. The molecule has 0 aliphatic heterocycles. The fraction of sp³-hybridized carbons (Fsp3) is 0.250. The molecule has 2 atom stereocenters. The highest BCUT2D eigenvalue weighted by molar-refractivity contribution is 6.31. The number of hydrazine groups is 1. The van der Waals surface area contributed by atoms with Gasteiger partial charge in [-0.2, -0.15) is 0 Å². The first-order chi connectivity index (χ1) is 15.5. The maximum atomic E-state index is 12.7. The Morgan fingerprint density at radius 2 is 1.75 bits per heavy atom. The van der Waals surface area contributed by atoms with Gasteiger partial charge < -0.3 is 9.73 Å². The number of halogens is 2. The molecule has 0 spiro atoms. The van der Waals surface area contributed by atoms with Crippen LogP contribution >= 0.6 is 23.2 Å². The Balaban J connectivity index is 1.12. The van der Waals surface area contributed by atoms with E-state index in [1.807, 2.05) is 42.5 Å². The number of fused-ring (bicyclic) bond motifs is 2. The Labute approximate surface area is 195 Å². The minimum Gasteiger partial charge on any atom is -0.460 e. The lowest BCUT2D eigenvalue weighted by molar-refractivity contribution is 0.0932. The van der Waals surface area contributed by atoms with Crippen molar-refractivity contribution in [2.75, 3.05) is 0 Å². The first kappa shape index (κ1) is 21.2. The normalized spacial score (nSPS) is 18.4. The van der Waals surface area contributed by atoms with Crippen molar-refractivity contribution in [1.82, 2.24) is 21.2 Å². The standard InChI is InChI=1S/C24H22Cl2N4O2/c25-16-2-7-21-14(9-16)1-6-22(29-21)24(31)28-18-4-5-19(12-18)30-27-13-20-11-15-10-17(26)3-8-23(15)32-20/h1-3,6-11,18-19,27,30H,4-5,12-13H2,(H,28,31). The van der Waals surface area contributed by atoms with Crippen LogP contribution in [0, 0.1) is 0 Å². The Kier molecular flexibility index (Phi) is 6.02. The average molecular weight is 469 g/mol. The van der Waals surface area contributed by atoms with Crippen LogP contribution in [0.5, 0.6) is 0 Å². The molecular formula is C24H22Cl2N4O2. The van der Waals surface area contributed by atoms with Crippen LogP contribution in [-0.4, -0.2) is 23.0 Å². The summed E-state index contributed by atoms with van der Waals surface area (Å²) in [5.41, 5.74) is 8.57. The van der Waals surface area contributed by atoms with E-state index in [1.54, 1.807) is 12.1 Å². The molecule has 0 bridgehead atoms. The van der Waals surface area contributed by atoms with Crippen molar-refractivity contribution < 1.29 is 9.21 Å². The first-order valence-electron chi connectivity index (χ1n) is 10.6. The topological polar surface area (TPSA) is 79.2 Å². The van der Waals surface area contributed by atoms with Gasteiger partial charge in [0.1, 0.15) is 17.0 Å². The number of benzene rings is 2. The molecule has 0 saturated heterocycles. The van der Waals surface area contributed by atoms with Gasteiger partial charge in [0.2, 0.25) is 0 Å². The average Bonchev–Trinajstić information content (AvgIpc) is 3.39. The third-order valence-corrected chi connectivity index (χ3v) is 6.22. The minimum atomic E-state index is -0.151. The van der Waals surface area contributed by atoms with E-state index in [-0.39, 0.29) is 18.0 Å². The van der Waals surface area contributed by atoms with Crippen LogP contribution in [0.2, 0.25) is 10.0 Å². The van der Waals surface area contributed by atoms with Gasteiger partial charge in [0, 0.05) is 32.9 Å². The maximum Gasteiger partial charge on any atom is 0.270 e. The Morgan fingerprint density at radius 1 is 0.969 bits per heavy atom. The summed E-state index contributed by atoms with van der Waals surface area (Å²) in [6.07, 6.45) is 2.73. The van der Waals surface area contributed by atoms with Gasteiger partial charge in [-0.15, -0.1) is 0 Å². The third-order valence-electron chi connectivity index (χ3n) is 5.75. The van der Waals surface area contributed by atoms with Crippen molar-refractivity contribution in [3.63, 3.8) is 0 Å². The monoisotopic (exact) mass is 468 g/mol. The van der Waals surface area contributed by atoms with Crippen molar-refractivity contribution in [2.24, 2.45) is 0 Å². The second-order valence-corrected chi connectivity index (χ2v) is 8.98. The quantitative estimate of drug-likeness (QED) is 0.337. The molecule has 2 unspecified atom stereocenters. The summed E-state index contributed by atoms with van der Waals surface area (Å²) in [5.74, 6) is 0.683. The molecule has 1 aliphatic carbocycles. The molecule has 32 heavy (non-hydrogen) atoms. The number of aromatic nitrogens is 1. The SMILES string of the molecule is O=C(NC1CCC(NNCc2cc3cc(Cl)ccc3o2)C1)c1ccc2cc(Cl)ccc2n1. The molecule has 3 N–H and O–H groups in total. The lowest BCUT2D eigenvalue weighted by atomic mass is 10.2. The molecule has 2 aromatic carbocycles. The Bertz CT molecular complexity index is 1290. The summed E-state index contributed by atoms with van der Waals surface area (Å²) < 4.78 is 5.82. The second-order valence-electron chi connectivity index (χ2n) is 8.11. The number of pyridine rings is 1. The lowest BCUT2D eigenvalue weighted by Crippen LogP contribution is -2.40. The largest absolute Gasteiger partial charge is 0.460 e. The smallest absolute Gasteiger partial charge is 0.270 e. The van der Waals surface area contributed by atoms with Crippen LogP contribution in [0.4, 0.5) is 0 Å². The molecule has 1 amide bonds. The number of carbonyl (C=O) groups excluding carboxylic acids is 1. The molecule has 8 heteroatoms. The number of nitrogens with zero attached hydrogens (tertiary/aromatic N) is 1. The van der Waals surface area contributed by atoms with Crippen LogP contribution in [0.15, 0.2) is 59.0 Å². The van der Waals surface area contributed by atoms with Gasteiger partial charge in [-0.1, -0.05) is 29.3 Å². The third kappa shape index (κ3) is 4.74. The van der Waals surface area contributed by atoms with E-state index < -0.39 is 0 Å². The summed E-state index contributed by atoms with van der Waals surface area (Å²) in [6, 6.07) is 17.0. The molecule has 4 aromatic rings. The molecule has 164 valence electrons. The molecule has 6 nitrogen and oxygen atoms in total. The van der Waals surface area contributed by atoms with Crippen LogP contribution in [-0.2, 0) is 6.54 Å². The van der Waals surface area contributed by atoms with E-state index in [4.69, 9.17) is 27.6 Å². The zero-order valence-electron chi connectivity index (χ0n) is 17.2. The van der Waals surface area contributed by atoms with E-state index in [1.165, 1.54) is 0 Å². The summed E-state index contributed by atoms with van der Waals surface area (Å²) in [6.45, 7) is 0.560. The Morgan fingerprint density at radius 3 is 2.62 bits per heavy atom. The van der Waals surface area contributed by atoms with Gasteiger partial charge >= 0.3 is 0 Å². The highest BCUT2D eigenvalue weighted by Gasteiger charge is 2.26. The van der Waals surface area contributed by atoms with Crippen molar-refractivity contribution in [1.29, 1.82) is 0 Å². The molecule has 5 rings (SSSR count). The highest BCUT2D eigenvalue weighted by Crippen LogP contribution is 2.23. The fourth-order valence-corrected chi connectivity index (χ4v) is 4.53. The van der Waals surface area contributed by atoms with Gasteiger partial charge in [0.25, 0.3) is 5.91 Å². The van der Waals surface area contributed by atoms with E-state index in [2.05, 4.69) is 21.2 Å². The van der Waals surface area contributed by atoms with E-state index >= 15 is 0 Å². The number of nitrogens with one attached hydrogen (secondary N) is 3. The molecule has 1 fully saturated rings. The molecule has 1 aliphatic rings. The zero-order valence-corrected chi connectivity index (χ0v) is 18.7. The van der Waals surface area contributed by atoms with Crippen molar-refractivity contribution in [2.45, 2.75) is 37.9 Å². The highest BCUT2D eigenvalue weighted by atomic mass is 35.5. The summed E-state index contributed by atoms with van der Waals surface area (Å²) in [5, 5.41) is 6.35. The Hall–Kier alpha value is -2.64. The predicted octanol–water partition coefficient (Wildman–Crippen LogP) is 5.23. The van der Waals surface area contributed by atoms with Crippen LogP contribution in [0.1, 0.15) is 35.5 Å². The maximum absolute atomic E-state index is 12.7. The van der Waals surface area contributed by atoms with Gasteiger partial charge in [0.05, 0.1) is 12.1 Å². The predicted molar refractivity (Wildman–Crippen MR) is 127 cm³/mol. The molecule has 2 aromatic heterocycles. The van der Waals surface area contributed by atoms with E-state index in [0.29, 0.717) is 22.3 Å². The van der Waals surface area contributed by atoms with Gasteiger partial charge in [-0.05, 0) is 67.8 Å². The minimum absolute atomic E-state index is 0.109. The van der Waals surface area contributed by atoms with Crippen molar-refractivity contribution in [3.05, 3.63) is 76.1 Å². The van der Waals surface area contributed by atoms with Gasteiger partial charge in [-0.3, -0.25) is 10.2 Å². The summed E-state index contributed by atoms with van der Waals surface area (Å²) in [4.78, 5) is 17.1. The number of hydrogen-bond donors (Lipinski definition) is 3. The van der Waals surface area contributed by atoms with Crippen molar-refractivity contribution >= 4 is 51.0 Å². The van der Waals surface area contributed by atoms with Crippen molar-refractivity contribution in [3.8, 4) is 0 Å². The second kappa shape index (κ2) is 9.08. The number of rotatable bonds is 6. The molecule has 2 heterocycles. The van der Waals surface area contributed by atoms with E-state index in [9.17, 15) is 4.79 Å². The van der Waals surface area contributed by atoms with Gasteiger partial charge in [-0.25, -0.2) is 10.4 Å². The first-order valence-corrected chi connectivity index (χ1v) is 11.3. The molecular weight excluding hydrogens is 447 g/mol. The van der Waals surface area contributed by atoms with E-state index in [0.717, 1.165) is 46.9 Å². The zero-order chi connectivity index (χ0) is 22.1. The van der Waals surface area contributed by atoms with Crippen LogP contribution in [0.25, 0.3) is 21.9 Å². The van der Waals surface area contributed by atoms with Crippen LogP contribution < -0.4 is 16.2 Å². The van der Waals surface area contributed by atoms with Crippen LogP contribution in [0.3, 0.4) is 0 Å². The van der Waals surface area contributed by atoms with Gasteiger partial charge in [0.15, 0.2) is 0 Å². The molecule has 1 saturated carbocycles. The number of carbonyl (C=O) groups is 1. The summed E-state index contributed by atoms with van der Waals surface area (Å²) >= 11 is 12.0. The number of amides is 1. The fourth-order valence-electron chi connectivity index (χ4n) is 4.16. The molecule has 0 radical (unpaired) electrons. The summed E-state index contributed by atoms with van der Waals surface area (Å²) in [7, 11) is 0. The number of hydrogen-bond acceptors (Lipinski definition) is 5. The lowest BCUT2D eigenvalue weighted by Gasteiger charge is -2.15.